The molecular weight excluding hydrogens is 370 g/mol. The minimum absolute atomic E-state index is 0.00502. The van der Waals surface area contributed by atoms with Crippen LogP contribution in [-0.2, 0) is 9.59 Å². The minimum atomic E-state index is -1.15. The highest BCUT2D eigenvalue weighted by Crippen LogP contribution is 2.12. The van der Waals surface area contributed by atoms with Crippen LogP contribution in [0.2, 0.25) is 0 Å². The largest absolute Gasteiger partial charge is 0.345 e. The van der Waals surface area contributed by atoms with E-state index in [4.69, 9.17) is 0 Å². The summed E-state index contributed by atoms with van der Waals surface area (Å²) in [6.07, 6.45) is 0. The molecule has 142 valence electrons. The number of carbonyl (C=O) groups excluding carboxylic acids is 3. The molecule has 0 aromatic heterocycles. The van der Waals surface area contributed by atoms with E-state index in [0.29, 0.717) is 6.07 Å². The molecule has 0 saturated carbocycles. The van der Waals surface area contributed by atoms with E-state index in [0.717, 1.165) is 30.3 Å². The molecule has 2 rings (SSSR count). The topological polar surface area (TPSA) is 87.3 Å². The third kappa shape index (κ3) is 6.10. The van der Waals surface area contributed by atoms with Gasteiger partial charge in [-0.3, -0.25) is 14.4 Å². The molecule has 0 aliphatic carbocycles. The van der Waals surface area contributed by atoms with Gasteiger partial charge in [-0.2, -0.15) is 0 Å². The van der Waals surface area contributed by atoms with Crippen molar-refractivity contribution >= 4 is 23.4 Å². The van der Waals surface area contributed by atoms with Gasteiger partial charge in [0.1, 0.15) is 11.6 Å². The Kier molecular flexibility index (Phi) is 6.47. The zero-order valence-corrected chi connectivity index (χ0v) is 13.6. The summed E-state index contributed by atoms with van der Waals surface area (Å²) in [5.41, 5.74) is -0.314. The highest BCUT2D eigenvalue weighted by Gasteiger charge is 2.12. The van der Waals surface area contributed by atoms with Crippen LogP contribution in [0.15, 0.2) is 36.4 Å². The zero-order valence-electron chi connectivity index (χ0n) is 13.6. The third-order valence-corrected chi connectivity index (χ3v) is 3.18. The van der Waals surface area contributed by atoms with E-state index in [-0.39, 0.29) is 11.3 Å². The van der Waals surface area contributed by atoms with Crippen molar-refractivity contribution in [1.29, 1.82) is 0 Å². The van der Waals surface area contributed by atoms with Crippen molar-refractivity contribution in [3.05, 3.63) is 65.2 Å². The smallest absolute Gasteiger partial charge is 0.251 e. The molecule has 0 heterocycles. The number of amides is 3. The van der Waals surface area contributed by atoms with Crippen LogP contribution in [0.25, 0.3) is 0 Å². The molecule has 3 N–H and O–H groups in total. The number of benzene rings is 2. The van der Waals surface area contributed by atoms with Crippen molar-refractivity contribution in [2.45, 2.75) is 0 Å². The van der Waals surface area contributed by atoms with Crippen molar-refractivity contribution in [3.8, 4) is 0 Å². The summed E-state index contributed by atoms with van der Waals surface area (Å²) >= 11 is 0. The number of nitrogens with one attached hydrogen (secondary N) is 3. The molecule has 2 aromatic rings. The van der Waals surface area contributed by atoms with E-state index in [1.165, 1.54) is 0 Å². The van der Waals surface area contributed by atoms with Crippen LogP contribution in [0.3, 0.4) is 0 Å². The molecule has 0 aliphatic rings. The summed E-state index contributed by atoms with van der Waals surface area (Å²) in [5, 5.41) is 6.55. The molecule has 0 fully saturated rings. The highest BCUT2D eigenvalue weighted by atomic mass is 19.2. The van der Waals surface area contributed by atoms with E-state index in [9.17, 15) is 31.9 Å². The van der Waals surface area contributed by atoms with Gasteiger partial charge in [0.2, 0.25) is 11.8 Å². The Labute approximate surface area is 150 Å². The van der Waals surface area contributed by atoms with Gasteiger partial charge in [0, 0.05) is 23.4 Å². The van der Waals surface area contributed by atoms with E-state index < -0.39 is 54.1 Å². The lowest BCUT2D eigenvalue weighted by molar-refractivity contribution is -0.123. The number of carbonyl (C=O) groups is 3. The van der Waals surface area contributed by atoms with Crippen LogP contribution in [0.1, 0.15) is 10.4 Å². The van der Waals surface area contributed by atoms with Crippen LogP contribution in [-0.4, -0.2) is 30.8 Å². The summed E-state index contributed by atoms with van der Waals surface area (Å²) in [7, 11) is 0. The maximum absolute atomic E-state index is 13.0. The molecule has 27 heavy (non-hydrogen) atoms. The molecule has 6 nitrogen and oxygen atoms in total. The molecule has 0 atom stereocenters. The molecule has 0 bridgehead atoms. The lowest BCUT2D eigenvalue weighted by Gasteiger charge is -2.08. The van der Waals surface area contributed by atoms with E-state index in [1.54, 1.807) is 0 Å². The van der Waals surface area contributed by atoms with Crippen LogP contribution < -0.4 is 16.0 Å². The fourth-order valence-corrected chi connectivity index (χ4v) is 1.97. The summed E-state index contributed by atoms with van der Waals surface area (Å²) in [4.78, 5) is 35.0. The van der Waals surface area contributed by atoms with Crippen LogP contribution in [0.5, 0.6) is 0 Å². The van der Waals surface area contributed by atoms with Crippen LogP contribution in [0, 0.1) is 23.3 Å². The van der Waals surface area contributed by atoms with Gasteiger partial charge in [0.25, 0.3) is 5.91 Å². The number of hydrogen-bond acceptors (Lipinski definition) is 3. The Morgan fingerprint density at radius 2 is 1.37 bits per heavy atom. The molecular formula is C17H13F4N3O3. The number of halogens is 4. The van der Waals surface area contributed by atoms with Crippen molar-refractivity contribution in [1.82, 2.24) is 10.6 Å². The fourth-order valence-electron chi connectivity index (χ4n) is 1.97. The highest BCUT2D eigenvalue weighted by molar-refractivity contribution is 5.98. The number of rotatable bonds is 6. The van der Waals surface area contributed by atoms with Gasteiger partial charge in [-0.25, -0.2) is 17.6 Å². The predicted octanol–water partition coefficient (Wildman–Crippen LogP) is 1.73. The average Bonchev–Trinajstić information content (AvgIpc) is 2.60. The van der Waals surface area contributed by atoms with Gasteiger partial charge in [-0.15, -0.1) is 0 Å². The Balaban J connectivity index is 1.77. The quantitative estimate of drug-likeness (QED) is 0.664. The maximum Gasteiger partial charge on any atom is 0.251 e. The monoisotopic (exact) mass is 383 g/mol. The molecule has 0 spiro atoms. The normalized spacial score (nSPS) is 10.2. The van der Waals surface area contributed by atoms with Gasteiger partial charge in [-0.1, -0.05) is 0 Å². The Bertz CT molecular complexity index is 869. The molecule has 3 amide bonds. The Hall–Kier alpha value is -3.43. The maximum atomic E-state index is 13.0. The zero-order chi connectivity index (χ0) is 20.0. The second-order valence-electron chi connectivity index (χ2n) is 5.29. The molecule has 2 aromatic carbocycles. The first-order valence-electron chi connectivity index (χ1n) is 7.50. The molecule has 0 saturated heterocycles. The second-order valence-corrected chi connectivity index (χ2v) is 5.29. The fraction of sp³-hybridized carbons (Fsp3) is 0.118. The Morgan fingerprint density at radius 1 is 0.741 bits per heavy atom. The summed E-state index contributed by atoms with van der Waals surface area (Å²) in [6.45, 7) is -1.04. The SMILES string of the molecule is O=C(CNC(=O)c1cc(F)cc(F)c1)NCC(=O)Nc1ccc(F)c(F)c1. The molecule has 0 aliphatic heterocycles. The molecule has 0 unspecified atom stereocenters. The average molecular weight is 383 g/mol. The summed E-state index contributed by atoms with van der Waals surface area (Å²) < 4.78 is 51.9. The minimum Gasteiger partial charge on any atom is -0.345 e. The van der Waals surface area contributed by atoms with E-state index >= 15 is 0 Å². The first-order chi connectivity index (χ1) is 12.7. The van der Waals surface area contributed by atoms with E-state index in [1.807, 2.05) is 0 Å². The predicted molar refractivity (Wildman–Crippen MR) is 86.7 cm³/mol. The molecule has 10 heteroatoms. The van der Waals surface area contributed by atoms with Crippen molar-refractivity contribution < 1.29 is 31.9 Å². The first kappa shape index (κ1) is 19.9. The van der Waals surface area contributed by atoms with Gasteiger partial charge in [0.05, 0.1) is 13.1 Å². The third-order valence-electron chi connectivity index (χ3n) is 3.18. The number of anilines is 1. The van der Waals surface area contributed by atoms with Gasteiger partial charge < -0.3 is 16.0 Å². The lowest BCUT2D eigenvalue weighted by Crippen LogP contribution is -2.40. The van der Waals surface area contributed by atoms with Crippen molar-refractivity contribution in [2.24, 2.45) is 0 Å². The van der Waals surface area contributed by atoms with Gasteiger partial charge in [-0.05, 0) is 24.3 Å². The van der Waals surface area contributed by atoms with Crippen LogP contribution in [0.4, 0.5) is 23.2 Å². The lowest BCUT2D eigenvalue weighted by atomic mass is 10.2. The van der Waals surface area contributed by atoms with Gasteiger partial charge in [0.15, 0.2) is 11.6 Å². The van der Waals surface area contributed by atoms with Crippen LogP contribution >= 0.6 is 0 Å². The second kappa shape index (κ2) is 8.79. The first-order valence-corrected chi connectivity index (χ1v) is 7.50. The van der Waals surface area contributed by atoms with Crippen molar-refractivity contribution in [3.63, 3.8) is 0 Å². The molecule has 0 radical (unpaired) electrons. The summed E-state index contributed by atoms with van der Waals surface area (Å²) in [6, 6.07) is 4.92. The standard InChI is InChI=1S/C17H13F4N3O3/c18-10-3-9(4-11(19)5-10)17(27)23-7-15(25)22-8-16(26)24-12-1-2-13(20)14(21)6-12/h1-6H,7-8H2,(H,22,25)(H,23,27)(H,24,26). The van der Waals surface area contributed by atoms with Gasteiger partial charge >= 0.3 is 0 Å². The van der Waals surface area contributed by atoms with Crippen molar-refractivity contribution in [2.75, 3.05) is 18.4 Å². The summed E-state index contributed by atoms with van der Waals surface area (Å²) in [5.74, 6) is -6.45. The number of hydrogen-bond donors (Lipinski definition) is 3. The van der Waals surface area contributed by atoms with E-state index in [2.05, 4.69) is 16.0 Å². The Morgan fingerprint density at radius 3 is 2.00 bits per heavy atom.